The molecule has 7 heteroatoms. The Labute approximate surface area is 132 Å². The summed E-state index contributed by atoms with van der Waals surface area (Å²) in [6.07, 6.45) is 0.524. The highest BCUT2D eigenvalue weighted by Gasteiger charge is 2.32. The van der Waals surface area contributed by atoms with Gasteiger partial charge in [0.1, 0.15) is 6.54 Å². The molecule has 0 N–H and O–H groups in total. The predicted molar refractivity (Wildman–Crippen MR) is 82.0 cm³/mol. The van der Waals surface area contributed by atoms with Crippen LogP contribution in [-0.4, -0.2) is 42.3 Å². The standard InChI is InChI=1S/C15H18ClF3N2O/c1-4-5-12-13(11(3)16)8-21(14(12)22)10(2)6-7-20-9-15(17,18)19/h4-5,7,10H,3,6,8-9H2,1-2H3/b5-4-,20-7?. The van der Waals surface area contributed by atoms with Crippen molar-refractivity contribution < 1.29 is 18.0 Å². The zero-order chi connectivity index (χ0) is 16.9. The highest BCUT2D eigenvalue weighted by atomic mass is 35.5. The van der Waals surface area contributed by atoms with Crippen molar-refractivity contribution in [3.05, 3.63) is 34.9 Å². The average Bonchev–Trinajstić information content (AvgIpc) is 2.72. The Bertz CT molecular complexity index is 535. The summed E-state index contributed by atoms with van der Waals surface area (Å²) in [5.41, 5.74) is 1.12. The number of alkyl halides is 3. The smallest absolute Gasteiger partial charge is 0.331 e. The third kappa shape index (κ3) is 5.02. The van der Waals surface area contributed by atoms with E-state index >= 15 is 0 Å². The second kappa shape index (κ2) is 7.63. The third-order valence-corrected chi connectivity index (χ3v) is 3.41. The number of carbonyl (C=O) groups is 1. The van der Waals surface area contributed by atoms with E-state index in [4.69, 9.17) is 11.6 Å². The summed E-state index contributed by atoms with van der Waals surface area (Å²) in [4.78, 5) is 17.2. The summed E-state index contributed by atoms with van der Waals surface area (Å²) >= 11 is 5.91. The van der Waals surface area contributed by atoms with E-state index < -0.39 is 12.7 Å². The number of halogens is 4. The lowest BCUT2D eigenvalue weighted by molar-refractivity contribution is -0.126. The molecule has 1 atom stereocenters. The van der Waals surface area contributed by atoms with Crippen molar-refractivity contribution in [2.24, 2.45) is 4.99 Å². The summed E-state index contributed by atoms with van der Waals surface area (Å²) in [5, 5.41) is 0.293. The van der Waals surface area contributed by atoms with Gasteiger partial charge in [0.15, 0.2) is 0 Å². The molecule has 22 heavy (non-hydrogen) atoms. The first kappa shape index (κ1) is 18.5. The molecule has 122 valence electrons. The van der Waals surface area contributed by atoms with E-state index in [1.807, 2.05) is 0 Å². The molecule has 0 spiro atoms. The fourth-order valence-electron chi connectivity index (χ4n) is 2.06. The molecule has 0 saturated carbocycles. The van der Waals surface area contributed by atoms with Crippen LogP contribution in [0.3, 0.4) is 0 Å². The minimum absolute atomic E-state index is 0.202. The first-order valence-corrected chi connectivity index (χ1v) is 7.11. The minimum atomic E-state index is -4.31. The molecule has 1 aliphatic heterocycles. The number of rotatable bonds is 6. The fraction of sp³-hybridized carbons (Fsp3) is 0.467. The molecule has 0 aromatic heterocycles. The average molecular weight is 335 g/mol. The number of hydrogen-bond acceptors (Lipinski definition) is 2. The van der Waals surface area contributed by atoms with Crippen LogP contribution in [0.2, 0.25) is 0 Å². The highest BCUT2D eigenvalue weighted by Crippen LogP contribution is 2.29. The molecule has 1 unspecified atom stereocenters. The molecule has 3 nitrogen and oxygen atoms in total. The van der Waals surface area contributed by atoms with Crippen LogP contribution in [0.5, 0.6) is 0 Å². The lowest BCUT2D eigenvalue weighted by Crippen LogP contribution is -2.36. The molecular formula is C15H18ClF3N2O. The van der Waals surface area contributed by atoms with Crippen molar-refractivity contribution in [1.82, 2.24) is 4.90 Å². The van der Waals surface area contributed by atoms with Gasteiger partial charge in [0.05, 0.1) is 0 Å². The lowest BCUT2D eigenvalue weighted by Gasteiger charge is -2.23. The molecule has 0 saturated heterocycles. The fourth-order valence-corrected chi connectivity index (χ4v) is 2.22. The zero-order valence-corrected chi connectivity index (χ0v) is 13.2. The number of aliphatic imine (C=N–C) groups is 1. The molecule has 0 aliphatic carbocycles. The van der Waals surface area contributed by atoms with Crippen molar-refractivity contribution in [3.8, 4) is 0 Å². The van der Waals surface area contributed by atoms with E-state index in [-0.39, 0.29) is 18.4 Å². The zero-order valence-electron chi connectivity index (χ0n) is 12.5. The molecule has 0 bridgehead atoms. The Hall–Kier alpha value is -1.56. The molecule has 0 fully saturated rings. The molecule has 1 rings (SSSR count). The number of allylic oxidation sites excluding steroid dienone is 1. The third-order valence-electron chi connectivity index (χ3n) is 3.18. The van der Waals surface area contributed by atoms with Gasteiger partial charge in [-0.2, -0.15) is 13.2 Å². The van der Waals surface area contributed by atoms with Gasteiger partial charge in [-0.15, -0.1) is 0 Å². The number of nitrogens with zero attached hydrogens (tertiary/aromatic N) is 2. The summed E-state index contributed by atoms with van der Waals surface area (Å²) in [6, 6.07) is -0.279. The number of carbonyl (C=O) groups excluding carboxylic acids is 1. The molecule has 0 aromatic carbocycles. The number of amides is 1. The molecule has 1 aliphatic rings. The van der Waals surface area contributed by atoms with Crippen LogP contribution in [0.25, 0.3) is 0 Å². The molecule has 0 radical (unpaired) electrons. The monoisotopic (exact) mass is 334 g/mol. The van der Waals surface area contributed by atoms with Crippen LogP contribution in [0, 0.1) is 0 Å². The van der Waals surface area contributed by atoms with Crippen LogP contribution < -0.4 is 0 Å². The Morgan fingerprint density at radius 3 is 2.68 bits per heavy atom. The van der Waals surface area contributed by atoms with Crippen molar-refractivity contribution in [1.29, 1.82) is 0 Å². The van der Waals surface area contributed by atoms with E-state index in [0.717, 1.165) is 0 Å². The normalized spacial score (nSPS) is 18.1. The topological polar surface area (TPSA) is 32.7 Å². The maximum Gasteiger partial charge on any atom is 0.407 e. The Kier molecular flexibility index (Phi) is 6.41. The van der Waals surface area contributed by atoms with E-state index in [0.29, 0.717) is 22.7 Å². The van der Waals surface area contributed by atoms with Gasteiger partial charge in [-0.1, -0.05) is 30.3 Å². The van der Waals surface area contributed by atoms with Crippen LogP contribution in [0.15, 0.2) is 39.9 Å². The largest absolute Gasteiger partial charge is 0.407 e. The van der Waals surface area contributed by atoms with Gasteiger partial charge in [0.25, 0.3) is 5.91 Å². The van der Waals surface area contributed by atoms with Gasteiger partial charge in [0, 0.05) is 41.4 Å². The maximum absolute atomic E-state index is 12.3. The quantitative estimate of drug-likeness (QED) is 0.679. The second-order valence-corrected chi connectivity index (χ2v) is 5.41. The van der Waals surface area contributed by atoms with E-state index in [1.54, 1.807) is 30.9 Å². The van der Waals surface area contributed by atoms with Gasteiger partial charge in [-0.25, -0.2) is 0 Å². The summed E-state index contributed by atoms with van der Waals surface area (Å²) in [7, 11) is 0. The second-order valence-electron chi connectivity index (χ2n) is 4.95. The van der Waals surface area contributed by atoms with Gasteiger partial charge in [-0.3, -0.25) is 9.79 Å². The van der Waals surface area contributed by atoms with Crippen LogP contribution in [0.4, 0.5) is 13.2 Å². The molecule has 1 heterocycles. The van der Waals surface area contributed by atoms with Crippen LogP contribution in [-0.2, 0) is 4.79 Å². The Morgan fingerprint density at radius 2 is 2.18 bits per heavy atom. The van der Waals surface area contributed by atoms with Crippen LogP contribution in [0.1, 0.15) is 20.3 Å². The van der Waals surface area contributed by atoms with Gasteiger partial charge < -0.3 is 4.90 Å². The summed E-state index contributed by atoms with van der Waals surface area (Å²) in [6.45, 7) is 6.27. The van der Waals surface area contributed by atoms with Gasteiger partial charge >= 0.3 is 6.18 Å². The van der Waals surface area contributed by atoms with Gasteiger partial charge in [-0.05, 0) is 13.8 Å². The van der Waals surface area contributed by atoms with E-state index in [9.17, 15) is 18.0 Å². The van der Waals surface area contributed by atoms with Crippen molar-refractivity contribution in [2.75, 3.05) is 13.1 Å². The maximum atomic E-state index is 12.3. The Morgan fingerprint density at radius 1 is 1.55 bits per heavy atom. The van der Waals surface area contributed by atoms with E-state index in [1.165, 1.54) is 6.21 Å². The van der Waals surface area contributed by atoms with E-state index in [2.05, 4.69) is 11.6 Å². The van der Waals surface area contributed by atoms with Gasteiger partial charge in [0.2, 0.25) is 0 Å². The van der Waals surface area contributed by atoms with Crippen molar-refractivity contribution in [2.45, 2.75) is 32.5 Å². The minimum Gasteiger partial charge on any atom is -0.331 e. The molecular weight excluding hydrogens is 317 g/mol. The lowest BCUT2D eigenvalue weighted by atomic mass is 10.1. The first-order valence-electron chi connectivity index (χ1n) is 6.74. The van der Waals surface area contributed by atoms with Crippen molar-refractivity contribution >= 4 is 23.7 Å². The predicted octanol–water partition coefficient (Wildman–Crippen LogP) is 3.87. The molecule has 0 aromatic rings. The first-order chi connectivity index (χ1) is 10.2. The van der Waals surface area contributed by atoms with Crippen molar-refractivity contribution in [3.63, 3.8) is 0 Å². The summed E-state index contributed by atoms with van der Waals surface area (Å²) in [5.74, 6) is -0.202. The summed E-state index contributed by atoms with van der Waals surface area (Å²) < 4.78 is 36.0. The Balaban J connectivity index is 2.72. The molecule has 1 amide bonds. The van der Waals surface area contributed by atoms with Crippen LogP contribution >= 0.6 is 11.6 Å². The number of hydrogen-bond donors (Lipinski definition) is 0. The SMILES string of the molecule is C=C(Cl)C1=C(/C=C\C)C(=O)N(C(C)CC=NCC(F)(F)F)C1. The highest BCUT2D eigenvalue weighted by molar-refractivity contribution is 6.32.